The van der Waals surface area contributed by atoms with Gasteiger partial charge in [0.15, 0.2) is 0 Å². The number of methoxy groups -OCH3 is 1. The molecule has 5 rings (SSSR count). The fourth-order valence-electron chi connectivity index (χ4n) is 5.08. The minimum atomic E-state index is -0.793. The minimum Gasteiger partial charge on any atom is -0.383 e. The minimum absolute atomic E-state index is 0.281. The molecule has 5 aromatic rings. The van der Waals surface area contributed by atoms with E-state index < -0.39 is 29.4 Å². The molecule has 12 heteroatoms. The normalized spacial score (nSPS) is 11.3. The Hall–Kier alpha value is -4.65. The summed E-state index contributed by atoms with van der Waals surface area (Å²) >= 11 is 1.21. The number of anilines is 1. The van der Waals surface area contributed by atoms with E-state index in [-0.39, 0.29) is 17.0 Å². The molecule has 0 radical (unpaired) electrons. The number of nitrogens with one attached hydrogen (secondary N) is 2. The van der Waals surface area contributed by atoms with Crippen molar-refractivity contribution < 1.29 is 18.3 Å². The van der Waals surface area contributed by atoms with Gasteiger partial charge in [-0.1, -0.05) is 36.4 Å². The summed E-state index contributed by atoms with van der Waals surface area (Å²) in [5, 5.41) is 5.73. The number of para-hydroxylation sites is 1. The number of fused-ring (bicyclic) bond motifs is 1. The van der Waals surface area contributed by atoms with Gasteiger partial charge in [0.2, 0.25) is 0 Å². The van der Waals surface area contributed by atoms with E-state index in [9.17, 15) is 23.2 Å². The number of amides is 2. The van der Waals surface area contributed by atoms with Crippen LogP contribution in [0, 0.1) is 11.6 Å². The van der Waals surface area contributed by atoms with Gasteiger partial charge < -0.3 is 15.4 Å². The van der Waals surface area contributed by atoms with Gasteiger partial charge in [0.1, 0.15) is 16.5 Å². The number of aromatic nitrogens is 2. The molecule has 0 aliphatic heterocycles. The van der Waals surface area contributed by atoms with Gasteiger partial charge in [0.05, 0.1) is 24.2 Å². The third-order valence-corrected chi connectivity index (χ3v) is 8.62. The quantitative estimate of drug-likeness (QED) is 0.202. The summed E-state index contributed by atoms with van der Waals surface area (Å²) in [5.74, 6) is -1.59. The molecule has 0 bridgehead atoms. The number of thiophene rings is 1. The van der Waals surface area contributed by atoms with E-state index in [1.54, 1.807) is 49.6 Å². The lowest BCUT2D eigenvalue weighted by Crippen LogP contribution is -2.39. The molecule has 45 heavy (non-hydrogen) atoms. The van der Waals surface area contributed by atoms with Crippen LogP contribution >= 0.6 is 11.3 Å². The SMILES string of the molecule is CCNC(=O)Nc1ccc(-c2sc3c(c2CN(C)CCOC)c(=O)n(-c2ccccc2)c(=O)n3Cc2c(F)cccc2F)cc1. The van der Waals surface area contributed by atoms with Crippen LogP contribution in [0.4, 0.5) is 19.3 Å². The first kappa shape index (κ1) is 31.8. The van der Waals surface area contributed by atoms with Gasteiger partial charge in [0.25, 0.3) is 5.56 Å². The van der Waals surface area contributed by atoms with E-state index in [4.69, 9.17) is 4.74 Å². The first-order valence-electron chi connectivity index (χ1n) is 14.4. The van der Waals surface area contributed by atoms with Crippen molar-refractivity contribution in [3.63, 3.8) is 0 Å². The molecule has 2 amide bonds. The third kappa shape index (κ3) is 6.72. The largest absolute Gasteiger partial charge is 0.383 e. The average Bonchev–Trinajstić information content (AvgIpc) is 3.39. The maximum Gasteiger partial charge on any atom is 0.337 e. The van der Waals surface area contributed by atoms with E-state index in [0.717, 1.165) is 22.3 Å². The zero-order valence-electron chi connectivity index (χ0n) is 25.1. The van der Waals surface area contributed by atoms with Crippen LogP contribution in [0.15, 0.2) is 82.4 Å². The van der Waals surface area contributed by atoms with Crippen molar-refractivity contribution in [2.75, 3.05) is 39.2 Å². The van der Waals surface area contributed by atoms with Crippen LogP contribution in [0.5, 0.6) is 0 Å². The maximum atomic E-state index is 14.9. The zero-order valence-corrected chi connectivity index (χ0v) is 25.9. The van der Waals surface area contributed by atoms with Gasteiger partial charge in [0, 0.05) is 42.9 Å². The molecule has 0 unspecified atom stereocenters. The number of likely N-dealkylation sites (N-methyl/N-ethyl adjacent to an activating group) is 1. The molecule has 234 valence electrons. The number of hydrogen-bond donors (Lipinski definition) is 2. The molecule has 0 aliphatic rings. The molecule has 0 fully saturated rings. The lowest BCUT2D eigenvalue weighted by atomic mass is 10.1. The Bertz CT molecular complexity index is 1920. The number of carbonyl (C=O) groups is 1. The van der Waals surface area contributed by atoms with Gasteiger partial charge in [-0.05, 0) is 61.5 Å². The van der Waals surface area contributed by atoms with Crippen molar-refractivity contribution >= 4 is 33.3 Å². The smallest absolute Gasteiger partial charge is 0.337 e. The van der Waals surface area contributed by atoms with Crippen molar-refractivity contribution in [1.29, 1.82) is 0 Å². The predicted octanol–water partition coefficient (Wildman–Crippen LogP) is 5.43. The summed E-state index contributed by atoms with van der Waals surface area (Å²) in [7, 11) is 3.50. The fourth-order valence-corrected chi connectivity index (χ4v) is 6.38. The molecule has 9 nitrogen and oxygen atoms in total. The van der Waals surface area contributed by atoms with Gasteiger partial charge in [-0.3, -0.25) is 14.3 Å². The summed E-state index contributed by atoms with van der Waals surface area (Å²) in [4.78, 5) is 43.4. The van der Waals surface area contributed by atoms with E-state index in [1.807, 2.05) is 31.0 Å². The molecule has 0 saturated carbocycles. The second-order valence-electron chi connectivity index (χ2n) is 10.4. The predicted molar refractivity (Wildman–Crippen MR) is 173 cm³/mol. The van der Waals surface area contributed by atoms with Gasteiger partial charge in [-0.25, -0.2) is 22.9 Å². The van der Waals surface area contributed by atoms with Crippen molar-refractivity contribution in [3.8, 4) is 16.1 Å². The van der Waals surface area contributed by atoms with E-state index in [1.165, 1.54) is 22.0 Å². The first-order chi connectivity index (χ1) is 21.7. The Morgan fingerprint density at radius 2 is 1.64 bits per heavy atom. The molecule has 0 atom stereocenters. The van der Waals surface area contributed by atoms with Crippen molar-refractivity contribution in [1.82, 2.24) is 19.4 Å². The number of benzene rings is 3. The van der Waals surface area contributed by atoms with Crippen LogP contribution in [0.1, 0.15) is 18.1 Å². The van der Waals surface area contributed by atoms with Crippen LogP contribution in [0.2, 0.25) is 0 Å². The second kappa shape index (κ2) is 14.0. The third-order valence-electron chi connectivity index (χ3n) is 7.31. The number of ether oxygens (including phenoxy) is 1. The fraction of sp³-hybridized carbons (Fsp3) is 0.242. The monoisotopic (exact) mass is 633 g/mol. The highest BCUT2D eigenvalue weighted by Crippen LogP contribution is 2.38. The van der Waals surface area contributed by atoms with Crippen molar-refractivity contribution in [2.45, 2.75) is 20.0 Å². The Morgan fingerprint density at radius 1 is 0.956 bits per heavy atom. The van der Waals surface area contributed by atoms with Crippen LogP contribution < -0.4 is 21.9 Å². The molecule has 2 N–H and O–H groups in total. The number of nitrogens with zero attached hydrogens (tertiary/aromatic N) is 3. The lowest BCUT2D eigenvalue weighted by molar-refractivity contribution is 0.159. The Kier molecular flexibility index (Phi) is 9.87. The number of halogens is 2. The highest BCUT2D eigenvalue weighted by molar-refractivity contribution is 7.22. The molecule has 0 spiro atoms. The van der Waals surface area contributed by atoms with Gasteiger partial charge in [-0.2, -0.15) is 0 Å². The molecule has 0 saturated heterocycles. The Labute approximate surface area is 262 Å². The summed E-state index contributed by atoms with van der Waals surface area (Å²) in [6.45, 7) is 3.23. The van der Waals surface area contributed by atoms with Crippen LogP contribution in [0.3, 0.4) is 0 Å². The standard InChI is InChI=1S/C33H33F2N5O4S/c1-4-36-32(42)37-22-15-13-21(14-16-22)29-25(19-38(2)17-18-44-3)28-30(41)40(23-9-6-5-7-10-23)33(43)39(31(28)45-29)20-24-26(34)11-8-12-27(24)35/h5-16H,4,17-20H2,1-3H3,(H2,36,37,42). The average molecular weight is 634 g/mol. The van der Waals surface area contributed by atoms with Crippen molar-refractivity contribution in [3.05, 3.63) is 116 Å². The van der Waals surface area contributed by atoms with Gasteiger partial charge in [-0.15, -0.1) is 11.3 Å². The Balaban J connectivity index is 1.78. The number of urea groups is 1. The lowest BCUT2D eigenvalue weighted by Gasteiger charge is -2.18. The Morgan fingerprint density at radius 3 is 2.29 bits per heavy atom. The number of carbonyl (C=O) groups excluding carboxylic acids is 1. The summed E-state index contributed by atoms with van der Waals surface area (Å²) in [6.07, 6.45) is 0. The molecule has 2 aromatic heterocycles. The van der Waals surface area contributed by atoms with Gasteiger partial charge >= 0.3 is 11.7 Å². The van der Waals surface area contributed by atoms with E-state index in [2.05, 4.69) is 10.6 Å². The number of rotatable bonds is 11. The highest BCUT2D eigenvalue weighted by atomic mass is 32.1. The summed E-state index contributed by atoms with van der Waals surface area (Å²) in [5.41, 5.74) is 0.791. The number of hydrogen-bond acceptors (Lipinski definition) is 6. The molecule has 2 heterocycles. The molecule has 3 aromatic carbocycles. The topological polar surface area (TPSA) is 97.6 Å². The van der Waals surface area contributed by atoms with Crippen molar-refractivity contribution in [2.24, 2.45) is 0 Å². The molecule has 0 aliphatic carbocycles. The van der Waals surface area contributed by atoms with E-state index >= 15 is 0 Å². The maximum absolute atomic E-state index is 14.9. The zero-order chi connectivity index (χ0) is 32.1. The van der Waals surface area contributed by atoms with Crippen LogP contribution in [-0.2, 0) is 17.8 Å². The highest BCUT2D eigenvalue weighted by Gasteiger charge is 2.25. The summed E-state index contributed by atoms with van der Waals surface area (Å²) in [6, 6.07) is 18.8. The van der Waals surface area contributed by atoms with E-state index in [0.29, 0.717) is 52.9 Å². The molecular formula is C33H33F2N5O4S. The first-order valence-corrected chi connectivity index (χ1v) is 15.2. The van der Waals surface area contributed by atoms with Crippen LogP contribution in [-0.4, -0.2) is 53.9 Å². The second-order valence-corrected chi connectivity index (χ2v) is 11.4. The summed E-state index contributed by atoms with van der Waals surface area (Å²) < 4.78 is 37.4. The van der Waals surface area contributed by atoms with Crippen LogP contribution in [0.25, 0.3) is 26.3 Å². The molecular weight excluding hydrogens is 600 g/mol.